The van der Waals surface area contributed by atoms with Crippen molar-refractivity contribution in [2.24, 2.45) is 0 Å². The Morgan fingerprint density at radius 2 is 1.88 bits per heavy atom. The summed E-state index contributed by atoms with van der Waals surface area (Å²) in [4.78, 5) is 20.6. The zero-order valence-electron chi connectivity index (χ0n) is 17.4. The van der Waals surface area contributed by atoms with Gasteiger partial charge in [0.1, 0.15) is 22.7 Å². The average molecular weight is 462 g/mol. The second-order valence-corrected chi connectivity index (χ2v) is 6.56. The maximum atomic E-state index is 14.3. The Kier molecular flexibility index (Phi) is 6.72. The standard InChI is InChI=1S/C20H18F2N6O3.H2S/c1-4-31-19(29)12-8-23-27(10-12)20-25-15-9-24-28(17(15)18(26-20)30-3)11(2)16-13(21)6-5-7-14(16)22;/h5-11H,4H2,1-3H3;1H2/t11-;/m0./s1. The Balaban J connectivity index is 0.00000289. The highest BCUT2D eigenvalue weighted by Gasteiger charge is 2.24. The van der Waals surface area contributed by atoms with Crippen molar-refractivity contribution in [3.8, 4) is 11.8 Å². The minimum absolute atomic E-state index is 0. The SMILES string of the molecule is CCOC(=O)c1cnn(-c2nc(OC)c3c(cnn3[C@@H](C)c3c(F)cccc3F)n2)c1.S. The summed E-state index contributed by atoms with van der Waals surface area (Å²) in [6, 6.07) is 2.88. The van der Waals surface area contributed by atoms with Crippen molar-refractivity contribution in [1.82, 2.24) is 29.5 Å². The molecule has 0 amide bonds. The molecule has 0 radical (unpaired) electrons. The second-order valence-electron chi connectivity index (χ2n) is 6.56. The van der Waals surface area contributed by atoms with Crippen LogP contribution in [0, 0.1) is 11.6 Å². The van der Waals surface area contributed by atoms with Crippen LogP contribution in [0.1, 0.15) is 35.8 Å². The number of methoxy groups -OCH3 is 1. The van der Waals surface area contributed by atoms with Crippen molar-refractivity contribution in [3.63, 3.8) is 0 Å². The van der Waals surface area contributed by atoms with Gasteiger partial charge in [-0.05, 0) is 26.0 Å². The van der Waals surface area contributed by atoms with Crippen LogP contribution in [-0.2, 0) is 4.74 Å². The quantitative estimate of drug-likeness (QED) is 0.406. The van der Waals surface area contributed by atoms with Crippen molar-refractivity contribution in [2.45, 2.75) is 19.9 Å². The summed E-state index contributed by atoms with van der Waals surface area (Å²) in [7, 11) is 1.41. The number of carbonyl (C=O) groups excluding carboxylic acids is 1. The first-order valence-electron chi connectivity index (χ1n) is 9.39. The molecule has 168 valence electrons. The van der Waals surface area contributed by atoms with Gasteiger partial charge in [0.25, 0.3) is 5.95 Å². The molecule has 12 heteroatoms. The molecule has 4 rings (SSSR count). The number of rotatable bonds is 6. The third-order valence-electron chi connectivity index (χ3n) is 4.68. The van der Waals surface area contributed by atoms with Gasteiger partial charge in [0.2, 0.25) is 5.88 Å². The van der Waals surface area contributed by atoms with Crippen molar-refractivity contribution in [2.75, 3.05) is 13.7 Å². The van der Waals surface area contributed by atoms with E-state index in [0.717, 1.165) is 0 Å². The molecule has 0 saturated carbocycles. The summed E-state index contributed by atoms with van der Waals surface area (Å²) in [5.41, 5.74) is 0.839. The maximum absolute atomic E-state index is 14.3. The van der Waals surface area contributed by atoms with Gasteiger partial charge in [-0.3, -0.25) is 4.68 Å². The molecule has 0 bridgehead atoms. The predicted octanol–water partition coefficient (Wildman–Crippen LogP) is 3.20. The Bertz CT molecular complexity index is 1260. The average Bonchev–Trinajstić information content (AvgIpc) is 3.40. The Morgan fingerprint density at radius 1 is 1.16 bits per heavy atom. The predicted molar refractivity (Wildman–Crippen MR) is 116 cm³/mol. The highest BCUT2D eigenvalue weighted by atomic mass is 32.1. The van der Waals surface area contributed by atoms with E-state index in [4.69, 9.17) is 9.47 Å². The Morgan fingerprint density at radius 3 is 2.53 bits per heavy atom. The largest absolute Gasteiger partial charge is 0.479 e. The number of esters is 1. The molecule has 32 heavy (non-hydrogen) atoms. The molecule has 0 aliphatic rings. The first-order valence-corrected chi connectivity index (χ1v) is 9.39. The maximum Gasteiger partial charge on any atom is 0.341 e. The van der Waals surface area contributed by atoms with Gasteiger partial charge in [0, 0.05) is 11.8 Å². The fourth-order valence-electron chi connectivity index (χ4n) is 3.24. The zero-order chi connectivity index (χ0) is 22.1. The Hall–Kier alpha value is -3.54. The number of nitrogens with zero attached hydrogens (tertiary/aromatic N) is 6. The minimum Gasteiger partial charge on any atom is -0.479 e. The smallest absolute Gasteiger partial charge is 0.341 e. The van der Waals surface area contributed by atoms with E-state index in [-0.39, 0.29) is 43.1 Å². The zero-order valence-corrected chi connectivity index (χ0v) is 18.4. The van der Waals surface area contributed by atoms with Crippen LogP contribution in [0.15, 0.2) is 36.8 Å². The van der Waals surface area contributed by atoms with E-state index < -0.39 is 23.6 Å². The van der Waals surface area contributed by atoms with Crippen molar-refractivity contribution in [1.29, 1.82) is 0 Å². The number of hydrogen-bond donors (Lipinski definition) is 0. The lowest BCUT2D eigenvalue weighted by atomic mass is 10.1. The minimum atomic E-state index is -0.790. The first kappa shape index (κ1) is 23.1. The van der Waals surface area contributed by atoms with Crippen molar-refractivity contribution < 1.29 is 23.0 Å². The van der Waals surface area contributed by atoms with Gasteiger partial charge in [-0.1, -0.05) is 6.07 Å². The molecule has 0 N–H and O–H groups in total. The van der Waals surface area contributed by atoms with Crippen molar-refractivity contribution in [3.05, 3.63) is 59.6 Å². The monoisotopic (exact) mass is 462 g/mol. The number of fused-ring (bicyclic) bond motifs is 1. The topological polar surface area (TPSA) is 97.0 Å². The molecular weight excluding hydrogens is 442 g/mol. The second kappa shape index (κ2) is 9.30. The molecule has 0 unspecified atom stereocenters. The van der Waals surface area contributed by atoms with Crippen LogP contribution < -0.4 is 4.74 Å². The summed E-state index contributed by atoms with van der Waals surface area (Å²) < 4.78 is 41.6. The number of hydrogen-bond acceptors (Lipinski definition) is 7. The van der Waals surface area contributed by atoms with Crippen LogP contribution in [0.4, 0.5) is 8.78 Å². The summed E-state index contributed by atoms with van der Waals surface area (Å²) in [5.74, 6) is -1.62. The molecule has 0 spiro atoms. The third kappa shape index (κ3) is 4.00. The van der Waals surface area contributed by atoms with E-state index >= 15 is 0 Å². The van der Waals surface area contributed by atoms with E-state index in [9.17, 15) is 13.6 Å². The molecule has 9 nitrogen and oxygen atoms in total. The van der Waals surface area contributed by atoms with E-state index in [1.54, 1.807) is 13.8 Å². The fourth-order valence-corrected chi connectivity index (χ4v) is 3.24. The van der Waals surface area contributed by atoms with Crippen LogP contribution in [0.2, 0.25) is 0 Å². The van der Waals surface area contributed by atoms with Gasteiger partial charge >= 0.3 is 5.97 Å². The van der Waals surface area contributed by atoms with E-state index in [0.29, 0.717) is 11.0 Å². The lowest BCUT2D eigenvalue weighted by molar-refractivity contribution is 0.0526. The molecule has 0 aliphatic heterocycles. The van der Waals surface area contributed by atoms with Gasteiger partial charge in [-0.15, -0.1) is 0 Å². The molecular formula is C20H20F2N6O3S. The van der Waals surface area contributed by atoms with Crippen LogP contribution in [0.5, 0.6) is 5.88 Å². The fraction of sp³-hybridized carbons (Fsp3) is 0.250. The van der Waals surface area contributed by atoms with E-state index in [2.05, 4.69) is 20.2 Å². The van der Waals surface area contributed by atoms with Crippen LogP contribution in [-0.4, -0.2) is 49.2 Å². The van der Waals surface area contributed by atoms with Crippen LogP contribution >= 0.6 is 13.5 Å². The summed E-state index contributed by atoms with van der Waals surface area (Å²) >= 11 is 0. The van der Waals surface area contributed by atoms with Gasteiger partial charge < -0.3 is 9.47 Å². The van der Waals surface area contributed by atoms with Crippen molar-refractivity contribution >= 4 is 30.5 Å². The number of carbonyl (C=O) groups is 1. The lowest BCUT2D eigenvalue weighted by Crippen LogP contribution is -2.13. The number of benzene rings is 1. The number of halogens is 2. The molecule has 1 atom stereocenters. The Labute approximate surface area is 188 Å². The highest BCUT2D eigenvalue weighted by Crippen LogP contribution is 2.30. The van der Waals surface area contributed by atoms with Gasteiger partial charge in [-0.25, -0.2) is 23.2 Å². The molecule has 0 aliphatic carbocycles. The normalized spacial score (nSPS) is 11.8. The van der Waals surface area contributed by atoms with Gasteiger partial charge in [0.15, 0.2) is 0 Å². The third-order valence-corrected chi connectivity index (χ3v) is 4.68. The highest BCUT2D eigenvalue weighted by molar-refractivity contribution is 7.59. The van der Waals surface area contributed by atoms with Gasteiger partial charge in [0.05, 0.1) is 37.7 Å². The molecule has 0 saturated heterocycles. The van der Waals surface area contributed by atoms with E-state index in [1.165, 1.54) is 53.3 Å². The molecule has 4 aromatic rings. The molecule has 3 aromatic heterocycles. The summed E-state index contributed by atoms with van der Waals surface area (Å²) in [5, 5.41) is 8.35. The molecule has 3 heterocycles. The molecule has 0 fully saturated rings. The van der Waals surface area contributed by atoms with E-state index in [1.807, 2.05) is 0 Å². The number of ether oxygens (including phenoxy) is 2. The number of aromatic nitrogens is 6. The summed E-state index contributed by atoms with van der Waals surface area (Å²) in [6.45, 7) is 3.55. The van der Waals surface area contributed by atoms with Crippen LogP contribution in [0.25, 0.3) is 17.0 Å². The van der Waals surface area contributed by atoms with Gasteiger partial charge in [-0.2, -0.15) is 28.7 Å². The lowest BCUT2D eigenvalue weighted by Gasteiger charge is -2.16. The first-order chi connectivity index (χ1) is 14.9. The summed E-state index contributed by atoms with van der Waals surface area (Å²) in [6.07, 6.45) is 4.21. The molecule has 1 aromatic carbocycles. The van der Waals surface area contributed by atoms with Crippen LogP contribution in [0.3, 0.4) is 0 Å².